The zero-order valence-corrected chi connectivity index (χ0v) is 9.60. The maximum atomic E-state index is 13.1. The molecule has 0 aromatic rings. The highest BCUT2D eigenvalue weighted by atomic mass is 19.4. The molecule has 1 nitrogen and oxygen atoms in total. The Morgan fingerprint density at radius 3 is 1.33 bits per heavy atom. The Morgan fingerprint density at radius 1 is 0.810 bits per heavy atom. The Hall–Kier alpha value is -0.740. The van der Waals surface area contributed by atoms with Crippen LogP contribution in [0.3, 0.4) is 0 Å². The molecule has 0 N–H and O–H groups in total. The summed E-state index contributed by atoms with van der Waals surface area (Å²) in [6, 6.07) is 0. The summed E-state index contributed by atoms with van der Waals surface area (Å²) in [6.07, 6.45) is -12.6. The minimum atomic E-state index is -6.71. The van der Waals surface area contributed by atoms with Crippen molar-refractivity contribution in [1.82, 2.24) is 0 Å². The maximum Gasteiger partial charge on any atom is 0.437 e. The van der Waals surface area contributed by atoms with Crippen molar-refractivity contribution in [3.05, 3.63) is 0 Å². The fourth-order valence-corrected chi connectivity index (χ4v) is 0.958. The van der Waals surface area contributed by atoms with Gasteiger partial charge in [0.1, 0.15) is 0 Å². The molecule has 0 spiro atoms. The van der Waals surface area contributed by atoms with Crippen LogP contribution in [0, 0.1) is 0 Å². The van der Waals surface area contributed by atoms with Crippen molar-refractivity contribution in [2.24, 2.45) is 0 Å². The molecule has 21 heavy (non-hydrogen) atoms. The third-order valence-electron chi connectivity index (χ3n) is 1.79. The molecule has 1 unspecified atom stereocenters. The van der Waals surface area contributed by atoms with E-state index in [4.69, 9.17) is 0 Å². The second kappa shape index (κ2) is 9.31. The zero-order valence-electron chi connectivity index (χ0n) is 9.60. The highest BCUT2D eigenvalue weighted by molar-refractivity contribution is 5.05. The molecule has 0 saturated heterocycles. The topological polar surface area (TPSA) is 9.23 Å². The molecule has 0 aromatic carbocycles. The van der Waals surface area contributed by atoms with E-state index >= 15 is 0 Å². The van der Waals surface area contributed by atoms with Gasteiger partial charge in [-0.25, -0.2) is 8.78 Å². The first-order valence-electron chi connectivity index (χ1n) is 4.46. The summed E-state index contributed by atoms with van der Waals surface area (Å²) >= 11 is 0. The quantitative estimate of drug-likeness (QED) is 0.611. The molecule has 0 bridgehead atoms. The van der Waals surface area contributed by atoms with Gasteiger partial charge in [-0.3, -0.25) is 4.39 Å². The first-order chi connectivity index (χ1) is 8.37. The van der Waals surface area contributed by atoms with E-state index in [9.17, 15) is 43.9 Å². The first kappa shape index (κ1) is 28.4. The van der Waals surface area contributed by atoms with Crippen LogP contribution in [-0.2, 0) is 4.74 Å². The standard InChI is InChI=1S/C7H7F9O.CH3F.2CH4/c1-2-17-7(15,16)5(11,6(12,13)14)4(9,10)3-8;1-2;;/h2-3H2,1H3;1H3;2*1H4. The molecule has 0 saturated carbocycles. The van der Waals surface area contributed by atoms with Gasteiger partial charge in [-0.05, 0) is 6.92 Å². The molecule has 0 aliphatic rings. The van der Waals surface area contributed by atoms with Crippen LogP contribution in [0.2, 0.25) is 0 Å². The monoisotopic (exact) mass is 344 g/mol. The van der Waals surface area contributed by atoms with Crippen molar-refractivity contribution in [3.63, 3.8) is 0 Å². The largest absolute Gasteiger partial charge is 0.437 e. The van der Waals surface area contributed by atoms with Crippen LogP contribution in [0.25, 0.3) is 0 Å². The van der Waals surface area contributed by atoms with E-state index < -0.39 is 37.2 Å². The minimum Gasteiger partial charge on any atom is -0.318 e. The predicted octanol–water partition coefficient (Wildman–Crippen LogP) is 5.35. The van der Waals surface area contributed by atoms with Crippen LogP contribution in [0.15, 0.2) is 0 Å². The lowest BCUT2D eigenvalue weighted by atomic mass is 9.96. The molecule has 0 radical (unpaired) electrons. The third-order valence-corrected chi connectivity index (χ3v) is 1.79. The van der Waals surface area contributed by atoms with E-state index in [1.165, 1.54) is 0 Å². The smallest absolute Gasteiger partial charge is 0.318 e. The average molecular weight is 344 g/mol. The van der Waals surface area contributed by atoms with Crippen LogP contribution in [0.5, 0.6) is 0 Å². The minimum absolute atomic E-state index is 0. The summed E-state index contributed by atoms with van der Waals surface area (Å²) in [7, 11) is 0.500. The molecule has 0 heterocycles. The molecule has 0 rings (SSSR count). The SMILES string of the molecule is C.C.CCOC(F)(F)C(F)(C(F)(F)F)C(F)(F)CF.CF. The fourth-order valence-electron chi connectivity index (χ4n) is 0.958. The van der Waals surface area contributed by atoms with Gasteiger partial charge in [-0.1, -0.05) is 14.9 Å². The molecule has 11 heteroatoms. The summed E-state index contributed by atoms with van der Waals surface area (Å²) in [4.78, 5) is 0. The summed E-state index contributed by atoms with van der Waals surface area (Å²) in [5, 5.41) is 0. The Kier molecular flexibility index (Phi) is 12.6. The summed E-state index contributed by atoms with van der Waals surface area (Å²) < 4.78 is 124. The highest BCUT2D eigenvalue weighted by Gasteiger charge is 2.84. The van der Waals surface area contributed by atoms with Crippen LogP contribution in [0.4, 0.5) is 43.9 Å². The van der Waals surface area contributed by atoms with Crippen molar-refractivity contribution in [2.45, 2.75) is 45.7 Å². The van der Waals surface area contributed by atoms with Gasteiger partial charge in [-0.15, -0.1) is 0 Å². The first-order valence-corrected chi connectivity index (χ1v) is 4.46. The lowest BCUT2D eigenvalue weighted by Gasteiger charge is -2.37. The zero-order chi connectivity index (χ0) is 16.1. The lowest BCUT2D eigenvalue weighted by molar-refractivity contribution is -0.427. The molecular formula is C10H18F10O. The Morgan fingerprint density at radius 2 is 1.14 bits per heavy atom. The van der Waals surface area contributed by atoms with Crippen molar-refractivity contribution in [3.8, 4) is 0 Å². The molecule has 0 aromatic heterocycles. The number of halogens is 10. The number of rotatable bonds is 5. The van der Waals surface area contributed by atoms with E-state index in [0.717, 1.165) is 6.92 Å². The fraction of sp³-hybridized carbons (Fsp3) is 1.00. The van der Waals surface area contributed by atoms with Gasteiger partial charge in [0.05, 0.1) is 13.8 Å². The third kappa shape index (κ3) is 5.19. The molecule has 0 aliphatic heterocycles. The van der Waals surface area contributed by atoms with Gasteiger partial charge in [0.15, 0.2) is 6.67 Å². The van der Waals surface area contributed by atoms with Gasteiger partial charge in [-0.2, -0.15) is 30.7 Å². The van der Waals surface area contributed by atoms with Gasteiger partial charge in [0.25, 0.3) is 0 Å². The Bertz CT molecular complexity index is 265. The van der Waals surface area contributed by atoms with Gasteiger partial charge in [0.2, 0.25) is 0 Å². The number of hydrogen-bond acceptors (Lipinski definition) is 1. The van der Waals surface area contributed by atoms with Crippen molar-refractivity contribution < 1.29 is 48.6 Å². The molecule has 0 amide bonds. The van der Waals surface area contributed by atoms with E-state index in [0.29, 0.717) is 7.18 Å². The van der Waals surface area contributed by atoms with Crippen LogP contribution < -0.4 is 0 Å². The second-order valence-electron chi connectivity index (χ2n) is 2.94. The van der Waals surface area contributed by atoms with Crippen molar-refractivity contribution >= 4 is 0 Å². The second-order valence-corrected chi connectivity index (χ2v) is 2.94. The van der Waals surface area contributed by atoms with Gasteiger partial charge in [0, 0.05) is 0 Å². The maximum absolute atomic E-state index is 13.1. The number of alkyl halides is 10. The van der Waals surface area contributed by atoms with Gasteiger partial charge < -0.3 is 4.74 Å². The van der Waals surface area contributed by atoms with E-state index in [1.54, 1.807) is 0 Å². The summed E-state index contributed by atoms with van der Waals surface area (Å²) in [5.74, 6) is -5.97. The van der Waals surface area contributed by atoms with E-state index in [-0.39, 0.29) is 14.9 Å². The van der Waals surface area contributed by atoms with Crippen LogP contribution in [-0.4, -0.2) is 44.3 Å². The van der Waals surface area contributed by atoms with Crippen molar-refractivity contribution in [1.29, 1.82) is 0 Å². The predicted molar refractivity (Wildman–Crippen MR) is 57.9 cm³/mol. The van der Waals surface area contributed by atoms with Gasteiger partial charge >= 0.3 is 23.9 Å². The van der Waals surface area contributed by atoms with E-state index in [1.807, 2.05) is 0 Å². The average Bonchev–Trinajstić information content (AvgIpc) is 2.28. The normalized spacial score (nSPS) is 14.9. The molecular weight excluding hydrogens is 326 g/mol. The molecule has 134 valence electrons. The number of ether oxygens (including phenoxy) is 1. The van der Waals surface area contributed by atoms with Crippen LogP contribution in [0.1, 0.15) is 21.8 Å². The van der Waals surface area contributed by atoms with Crippen molar-refractivity contribution in [2.75, 3.05) is 20.5 Å². The summed E-state index contributed by atoms with van der Waals surface area (Å²) in [6.45, 7) is -3.68. The lowest BCUT2D eigenvalue weighted by Crippen LogP contribution is -2.67. The highest BCUT2D eigenvalue weighted by Crippen LogP contribution is 2.54. The van der Waals surface area contributed by atoms with E-state index in [2.05, 4.69) is 4.74 Å². The molecule has 0 fully saturated rings. The summed E-state index contributed by atoms with van der Waals surface area (Å²) in [5.41, 5.74) is -6.43. The van der Waals surface area contributed by atoms with Crippen LogP contribution >= 0.6 is 0 Å². The Balaban J connectivity index is -0.000000344. The molecule has 1 atom stereocenters. The molecule has 0 aliphatic carbocycles. The Labute approximate surface area is 116 Å². The number of hydrogen-bond donors (Lipinski definition) is 0.